The van der Waals surface area contributed by atoms with Crippen molar-refractivity contribution in [3.8, 4) is 11.6 Å². The third kappa shape index (κ3) is 4.65. The molecule has 1 aromatic carbocycles. The maximum Gasteiger partial charge on any atom is 0.433 e. The smallest absolute Gasteiger partial charge is 0.433 e. The number of aliphatic hydroxyl groups is 1. The first-order valence-electron chi connectivity index (χ1n) is 8.55. The number of halogens is 4. The summed E-state index contributed by atoms with van der Waals surface area (Å²) in [6, 6.07) is 5.73. The molecule has 1 fully saturated rings. The number of benzene rings is 1. The molecule has 0 spiro atoms. The predicted octanol–water partition coefficient (Wildman–Crippen LogP) is 4.17. The average Bonchev–Trinajstić information content (AvgIpc) is 2.61. The number of alkyl halides is 3. The Labute approximate surface area is 153 Å². The molecule has 1 aliphatic heterocycles. The van der Waals surface area contributed by atoms with Crippen LogP contribution in [0.5, 0.6) is 11.6 Å². The Morgan fingerprint density at radius 2 is 1.89 bits per heavy atom. The van der Waals surface area contributed by atoms with E-state index in [1.54, 1.807) is 4.90 Å². The molecule has 0 unspecified atom stereocenters. The van der Waals surface area contributed by atoms with Gasteiger partial charge in [-0.15, -0.1) is 0 Å². The topological polar surface area (TPSA) is 58.5 Å². The van der Waals surface area contributed by atoms with Crippen LogP contribution in [0.4, 0.5) is 23.5 Å². The van der Waals surface area contributed by atoms with Crippen LogP contribution in [-0.2, 0) is 6.18 Å². The van der Waals surface area contributed by atoms with E-state index in [-0.39, 0.29) is 17.6 Å². The van der Waals surface area contributed by atoms with Gasteiger partial charge >= 0.3 is 6.18 Å². The molecule has 1 N–H and O–H groups in total. The van der Waals surface area contributed by atoms with Crippen LogP contribution < -0.4 is 9.64 Å². The van der Waals surface area contributed by atoms with Crippen LogP contribution in [0.15, 0.2) is 30.3 Å². The third-order valence-corrected chi connectivity index (χ3v) is 4.63. The van der Waals surface area contributed by atoms with E-state index in [0.717, 1.165) is 6.07 Å². The Morgan fingerprint density at radius 1 is 1.19 bits per heavy atom. The zero-order chi connectivity index (χ0) is 19.7. The van der Waals surface area contributed by atoms with E-state index in [4.69, 9.17) is 4.74 Å². The van der Waals surface area contributed by atoms with Crippen molar-refractivity contribution in [1.82, 2.24) is 9.97 Å². The number of hydrogen-bond acceptors (Lipinski definition) is 5. The number of nitrogens with zero attached hydrogens (tertiary/aromatic N) is 3. The van der Waals surface area contributed by atoms with Crippen LogP contribution in [0.1, 0.15) is 31.9 Å². The van der Waals surface area contributed by atoms with Gasteiger partial charge in [0, 0.05) is 25.2 Å². The van der Waals surface area contributed by atoms with E-state index in [1.807, 2.05) is 6.92 Å². The Bertz CT molecular complexity index is 805. The van der Waals surface area contributed by atoms with Gasteiger partial charge in [0.1, 0.15) is 11.6 Å². The summed E-state index contributed by atoms with van der Waals surface area (Å²) < 4.78 is 58.3. The molecule has 2 heterocycles. The highest BCUT2D eigenvalue weighted by atomic mass is 19.4. The SMILES string of the molecule is CCC1(O)CCN(c2nc(Oc3cccc(F)c3)cc(C(F)(F)F)n2)CC1. The molecule has 0 aliphatic carbocycles. The van der Waals surface area contributed by atoms with Gasteiger partial charge in [0.15, 0.2) is 5.69 Å². The summed E-state index contributed by atoms with van der Waals surface area (Å²) in [7, 11) is 0. The summed E-state index contributed by atoms with van der Waals surface area (Å²) >= 11 is 0. The van der Waals surface area contributed by atoms with Crippen molar-refractivity contribution in [2.75, 3.05) is 18.0 Å². The molecule has 1 saturated heterocycles. The van der Waals surface area contributed by atoms with E-state index in [9.17, 15) is 22.7 Å². The molecule has 146 valence electrons. The summed E-state index contributed by atoms with van der Waals surface area (Å²) in [6.07, 6.45) is -3.30. The number of anilines is 1. The fourth-order valence-electron chi connectivity index (χ4n) is 2.88. The first kappa shape index (κ1) is 19.3. The fourth-order valence-corrected chi connectivity index (χ4v) is 2.88. The van der Waals surface area contributed by atoms with Crippen LogP contribution in [0, 0.1) is 5.82 Å². The van der Waals surface area contributed by atoms with Crippen molar-refractivity contribution >= 4 is 5.95 Å². The van der Waals surface area contributed by atoms with Crippen molar-refractivity contribution in [2.45, 2.75) is 38.0 Å². The van der Waals surface area contributed by atoms with Crippen molar-refractivity contribution in [3.63, 3.8) is 0 Å². The minimum atomic E-state index is -4.68. The Kier molecular flexibility index (Phi) is 5.23. The standard InChI is InChI=1S/C18H19F4N3O2/c1-2-17(26)6-8-25(9-7-17)16-23-14(18(20,21)22)11-15(24-16)27-13-5-3-4-12(19)10-13/h3-5,10-11,26H,2,6-9H2,1H3. The summed E-state index contributed by atoms with van der Waals surface area (Å²) in [5, 5.41) is 10.3. The largest absolute Gasteiger partial charge is 0.439 e. The highest BCUT2D eigenvalue weighted by Crippen LogP contribution is 2.34. The van der Waals surface area contributed by atoms with E-state index >= 15 is 0 Å². The van der Waals surface area contributed by atoms with Gasteiger partial charge < -0.3 is 14.7 Å². The van der Waals surface area contributed by atoms with Crippen LogP contribution >= 0.6 is 0 Å². The zero-order valence-electron chi connectivity index (χ0n) is 14.6. The lowest BCUT2D eigenvalue weighted by Gasteiger charge is -2.37. The van der Waals surface area contributed by atoms with Gasteiger partial charge in [-0.2, -0.15) is 18.2 Å². The first-order chi connectivity index (χ1) is 12.7. The Hall–Kier alpha value is -2.42. The summed E-state index contributed by atoms with van der Waals surface area (Å²) in [6.45, 7) is 2.51. The number of piperidine rings is 1. The van der Waals surface area contributed by atoms with Crippen molar-refractivity contribution in [3.05, 3.63) is 41.8 Å². The molecule has 5 nitrogen and oxygen atoms in total. The van der Waals surface area contributed by atoms with Gasteiger partial charge in [-0.05, 0) is 31.4 Å². The molecular weight excluding hydrogens is 366 g/mol. The van der Waals surface area contributed by atoms with Gasteiger partial charge in [0.2, 0.25) is 11.8 Å². The Morgan fingerprint density at radius 3 is 2.48 bits per heavy atom. The molecule has 27 heavy (non-hydrogen) atoms. The molecule has 3 rings (SSSR count). The van der Waals surface area contributed by atoms with Gasteiger partial charge in [-0.1, -0.05) is 13.0 Å². The molecule has 0 atom stereocenters. The van der Waals surface area contributed by atoms with Crippen molar-refractivity contribution in [2.24, 2.45) is 0 Å². The maximum absolute atomic E-state index is 13.3. The third-order valence-electron chi connectivity index (χ3n) is 4.63. The van der Waals surface area contributed by atoms with Crippen LogP contribution in [-0.4, -0.2) is 33.8 Å². The molecule has 9 heteroatoms. The van der Waals surface area contributed by atoms with E-state index in [2.05, 4.69) is 9.97 Å². The van der Waals surface area contributed by atoms with Crippen LogP contribution in [0.3, 0.4) is 0 Å². The van der Waals surface area contributed by atoms with Crippen LogP contribution in [0.25, 0.3) is 0 Å². The molecule has 1 aliphatic rings. The highest BCUT2D eigenvalue weighted by molar-refractivity contribution is 5.38. The number of rotatable bonds is 4. The van der Waals surface area contributed by atoms with Crippen molar-refractivity contribution in [1.29, 1.82) is 0 Å². The lowest BCUT2D eigenvalue weighted by atomic mass is 9.89. The normalized spacial score (nSPS) is 17.0. The van der Waals surface area contributed by atoms with Crippen LogP contribution in [0.2, 0.25) is 0 Å². The minimum Gasteiger partial charge on any atom is -0.439 e. The number of hydrogen-bond donors (Lipinski definition) is 1. The van der Waals surface area contributed by atoms with Gasteiger partial charge in [-0.25, -0.2) is 9.37 Å². The van der Waals surface area contributed by atoms with Gasteiger partial charge in [0.05, 0.1) is 5.60 Å². The fraction of sp³-hybridized carbons (Fsp3) is 0.444. The average molecular weight is 385 g/mol. The number of aromatic nitrogens is 2. The summed E-state index contributed by atoms with van der Waals surface area (Å²) in [4.78, 5) is 9.25. The molecule has 0 radical (unpaired) electrons. The second kappa shape index (κ2) is 7.30. The molecule has 0 amide bonds. The van der Waals surface area contributed by atoms with E-state index in [1.165, 1.54) is 18.2 Å². The van der Waals surface area contributed by atoms with E-state index < -0.39 is 23.3 Å². The highest BCUT2D eigenvalue weighted by Gasteiger charge is 2.36. The second-order valence-electron chi connectivity index (χ2n) is 6.51. The summed E-state index contributed by atoms with van der Waals surface area (Å²) in [5.74, 6) is -0.997. The monoisotopic (exact) mass is 385 g/mol. The van der Waals surface area contributed by atoms with Crippen molar-refractivity contribution < 1.29 is 27.4 Å². The van der Waals surface area contributed by atoms with Gasteiger partial charge in [0.25, 0.3) is 0 Å². The quantitative estimate of drug-likeness (QED) is 0.801. The summed E-state index contributed by atoms with van der Waals surface area (Å²) in [5.41, 5.74) is -1.96. The zero-order valence-corrected chi connectivity index (χ0v) is 14.6. The van der Waals surface area contributed by atoms with E-state index in [0.29, 0.717) is 38.4 Å². The molecule has 0 saturated carbocycles. The molecule has 0 bridgehead atoms. The lowest BCUT2D eigenvalue weighted by molar-refractivity contribution is -0.141. The predicted molar refractivity (Wildman–Crippen MR) is 90.2 cm³/mol. The first-order valence-corrected chi connectivity index (χ1v) is 8.55. The minimum absolute atomic E-state index is 0.0341. The Balaban J connectivity index is 1.90. The lowest BCUT2D eigenvalue weighted by Crippen LogP contribution is -2.44. The molecule has 1 aromatic heterocycles. The number of ether oxygens (including phenoxy) is 1. The van der Waals surface area contributed by atoms with Gasteiger partial charge in [-0.3, -0.25) is 0 Å². The second-order valence-corrected chi connectivity index (χ2v) is 6.51. The maximum atomic E-state index is 13.3. The molecular formula is C18H19F4N3O2. The molecule has 2 aromatic rings.